The Morgan fingerprint density at radius 3 is 2.74 bits per heavy atom. The normalized spacial score (nSPS) is 14.3. The lowest BCUT2D eigenvalue weighted by atomic mass is 10.3. The Balaban J connectivity index is 1.46. The van der Waals surface area contributed by atoms with Gasteiger partial charge in [0, 0.05) is 30.0 Å². The van der Waals surface area contributed by atoms with Crippen LogP contribution in [0.5, 0.6) is 0 Å². The second-order valence-corrected chi connectivity index (χ2v) is 6.72. The molecular formula is C17H19N5S. The molecule has 1 aliphatic carbocycles. The van der Waals surface area contributed by atoms with Crippen LogP contribution >= 0.6 is 11.8 Å². The van der Waals surface area contributed by atoms with Gasteiger partial charge >= 0.3 is 0 Å². The summed E-state index contributed by atoms with van der Waals surface area (Å²) in [6.45, 7) is 3.09. The van der Waals surface area contributed by atoms with E-state index < -0.39 is 0 Å². The van der Waals surface area contributed by atoms with Crippen molar-refractivity contribution in [1.82, 2.24) is 24.5 Å². The van der Waals surface area contributed by atoms with Gasteiger partial charge < -0.3 is 4.57 Å². The summed E-state index contributed by atoms with van der Waals surface area (Å²) in [5.41, 5.74) is 2.27. The van der Waals surface area contributed by atoms with Gasteiger partial charge in [0.05, 0.1) is 11.9 Å². The van der Waals surface area contributed by atoms with Gasteiger partial charge in [-0.05, 0) is 31.9 Å². The van der Waals surface area contributed by atoms with E-state index in [1.54, 1.807) is 11.8 Å². The Morgan fingerprint density at radius 2 is 2.00 bits per heavy atom. The molecule has 0 bridgehead atoms. The smallest absolute Gasteiger partial charge is 0.191 e. The predicted octanol–water partition coefficient (Wildman–Crippen LogP) is 3.65. The molecule has 5 nitrogen and oxygen atoms in total. The van der Waals surface area contributed by atoms with Crippen LogP contribution in [0.3, 0.4) is 0 Å². The predicted molar refractivity (Wildman–Crippen MR) is 90.8 cm³/mol. The van der Waals surface area contributed by atoms with Crippen molar-refractivity contribution in [2.75, 3.05) is 0 Å². The average molecular weight is 325 g/mol. The summed E-state index contributed by atoms with van der Waals surface area (Å²) in [5.74, 6) is 2.66. The Kier molecular flexibility index (Phi) is 3.91. The zero-order valence-electron chi connectivity index (χ0n) is 13.1. The largest absolute Gasteiger partial charge is 0.306 e. The lowest BCUT2D eigenvalue weighted by Crippen LogP contribution is -2.01. The van der Waals surface area contributed by atoms with Crippen molar-refractivity contribution >= 4 is 11.8 Å². The van der Waals surface area contributed by atoms with E-state index in [9.17, 15) is 0 Å². The molecule has 0 aliphatic heterocycles. The van der Waals surface area contributed by atoms with E-state index >= 15 is 0 Å². The fourth-order valence-electron chi connectivity index (χ4n) is 2.65. The third kappa shape index (κ3) is 3.03. The van der Waals surface area contributed by atoms with Gasteiger partial charge in [0.15, 0.2) is 5.16 Å². The van der Waals surface area contributed by atoms with Crippen LogP contribution in [-0.4, -0.2) is 24.5 Å². The van der Waals surface area contributed by atoms with Gasteiger partial charge in [0.25, 0.3) is 0 Å². The maximum absolute atomic E-state index is 4.45. The summed E-state index contributed by atoms with van der Waals surface area (Å²) < 4.78 is 4.17. The highest BCUT2D eigenvalue weighted by Crippen LogP contribution is 2.40. The summed E-state index contributed by atoms with van der Waals surface area (Å²) in [7, 11) is 0. The Morgan fingerprint density at radius 1 is 1.17 bits per heavy atom. The molecule has 0 amide bonds. The zero-order valence-corrected chi connectivity index (χ0v) is 13.9. The lowest BCUT2D eigenvalue weighted by Gasteiger charge is -2.05. The highest BCUT2D eigenvalue weighted by Gasteiger charge is 2.29. The average Bonchev–Trinajstić information content (AvgIpc) is 3.19. The van der Waals surface area contributed by atoms with Crippen LogP contribution in [0.15, 0.2) is 47.9 Å². The summed E-state index contributed by atoms with van der Waals surface area (Å²) in [6.07, 6.45) is 6.52. The molecule has 0 radical (unpaired) electrons. The van der Waals surface area contributed by atoms with Gasteiger partial charge in [-0.3, -0.25) is 0 Å². The minimum absolute atomic E-state index is 0.637. The monoisotopic (exact) mass is 325 g/mol. The number of para-hydroxylation sites is 1. The third-order valence-electron chi connectivity index (χ3n) is 4.03. The molecule has 0 unspecified atom stereocenters. The maximum atomic E-state index is 4.45. The molecule has 3 aromatic rings. The topological polar surface area (TPSA) is 48.5 Å². The van der Waals surface area contributed by atoms with Crippen LogP contribution in [0.4, 0.5) is 0 Å². The Hall–Kier alpha value is -2.08. The molecule has 0 saturated heterocycles. The number of hydrogen-bond donors (Lipinski definition) is 0. The second kappa shape index (κ2) is 6.20. The Bertz CT molecular complexity index is 788. The third-order valence-corrected chi connectivity index (χ3v) is 5.07. The number of aromatic nitrogens is 5. The number of benzene rings is 1. The first-order valence-electron chi connectivity index (χ1n) is 8.00. The quantitative estimate of drug-likeness (QED) is 0.649. The Labute approximate surface area is 139 Å². The number of thioether (sulfide) groups is 1. The van der Waals surface area contributed by atoms with Crippen LogP contribution in [0, 0.1) is 0 Å². The number of nitrogens with zero attached hydrogens (tertiary/aromatic N) is 5. The van der Waals surface area contributed by atoms with Crippen molar-refractivity contribution in [2.45, 2.75) is 43.1 Å². The highest BCUT2D eigenvalue weighted by atomic mass is 32.2. The number of hydrogen-bond acceptors (Lipinski definition) is 4. The molecule has 6 heteroatoms. The first-order chi connectivity index (χ1) is 11.3. The minimum atomic E-state index is 0.637. The van der Waals surface area contributed by atoms with E-state index in [0.29, 0.717) is 5.92 Å². The van der Waals surface area contributed by atoms with Gasteiger partial charge in [0.2, 0.25) is 0 Å². The van der Waals surface area contributed by atoms with Crippen LogP contribution in [0.25, 0.3) is 5.69 Å². The first kappa shape index (κ1) is 14.5. The van der Waals surface area contributed by atoms with Gasteiger partial charge in [-0.1, -0.05) is 30.0 Å². The highest BCUT2D eigenvalue weighted by molar-refractivity contribution is 7.98. The second-order valence-electron chi connectivity index (χ2n) is 5.78. The zero-order chi connectivity index (χ0) is 15.6. The van der Waals surface area contributed by atoms with E-state index in [4.69, 9.17) is 0 Å². The molecule has 2 heterocycles. The van der Waals surface area contributed by atoms with Crippen LogP contribution < -0.4 is 0 Å². The van der Waals surface area contributed by atoms with Crippen LogP contribution in [0.1, 0.15) is 37.1 Å². The molecule has 0 atom stereocenters. The molecule has 4 rings (SSSR count). The molecule has 1 fully saturated rings. The molecule has 2 aromatic heterocycles. The van der Waals surface area contributed by atoms with Gasteiger partial charge in [-0.2, -0.15) is 5.10 Å². The molecule has 0 spiro atoms. The molecule has 23 heavy (non-hydrogen) atoms. The van der Waals surface area contributed by atoms with Crippen LogP contribution in [0.2, 0.25) is 0 Å². The van der Waals surface area contributed by atoms with E-state index in [1.165, 1.54) is 18.4 Å². The van der Waals surface area contributed by atoms with Gasteiger partial charge in [-0.15, -0.1) is 10.2 Å². The maximum Gasteiger partial charge on any atom is 0.191 e. The molecule has 1 aliphatic rings. The van der Waals surface area contributed by atoms with E-state index in [-0.39, 0.29) is 0 Å². The summed E-state index contributed by atoms with van der Waals surface area (Å²) >= 11 is 1.74. The SMILES string of the molecule is CCn1c(SCc2cnn(-c3ccccc3)c2)nnc1C1CC1. The molecule has 1 aromatic carbocycles. The van der Waals surface area contributed by atoms with E-state index in [2.05, 4.69) is 45.1 Å². The van der Waals surface area contributed by atoms with Crippen LogP contribution in [-0.2, 0) is 12.3 Å². The minimum Gasteiger partial charge on any atom is -0.306 e. The number of rotatable bonds is 6. The first-order valence-corrected chi connectivity index (χ1v) is 8.98. The molecule has 0 N–H and O–H groups in total. The van der Waals surface area contributed by atoms with E-state index in [0.717, 1.165) is 29.0 Å². The lowest BCUT2D eigenvalue weighted by molar-refractivity contribution is 0.643. The molecule has 118 valence electrons. The summed E-state index contributed by atoms with van der Waals surface area (Å²) in [4.78, 5) is 0. The van der Waals surface area contributed by atoms with Crippen molar-refractivity contribution in [2.24, 2.45) is 0 Å². The summed E-state index contributed by atoms with van der Waals surface area (Å²) in [5, 5.41) is 14.2. The van der Waals surface area contributed by atoms with E-state index in [1.807, 2.05) is 29.1 Å². The fraction of sp³-hybridized carbons (Fsp3) is 0.353. The molecular weight excluding hydrogens is 306 g/mol. The van der Waals surface area contributed by atoms with Gasteiger partial charge in [0.1, 0.15) is 5.82 Å². The van der Waals surface area contributed by atoms with Crippen molar-refractivity contribution in [3.05, 3.63) is 54.1 Å². The summed E-state index contributed by atoms with van der Waals surface area (Å²) in [6, 6.07) is 10.2. The van der Waals surface area contributed by atoms with Crippen molar-refractivity contribution < 1.29 is 0 Å². The standard InChI is InChI=1S/C17H19N5S/c1-2-21-16(14-8-9-14)19-20-17(21)23-12-13-10-18-22(11-13)15-6-4-3-5-7-15/h3-7,10-11,14H,2,8-9,12H2,1H3. The fourth-order valence-corrected chi connectivity index (χ4v) is 3.57. The van der Waals surface area contributed by atoms with Crippen molar-refractivity contribution in [3.63, 3.8) is 0 Å². The van der Waals surface area contributed by atoms with Crippen molar-refractivity contribution in [1.29, 1.82) is 0 Å². The van der Waals surface area contributed by atoms with Crippen molar-refractivity contribution in [3.8, 4) is 5.69 Å². The molecule has 1 saturated carbocycles. The van der Waals surface area contributed by atoms with Gasteiger partial charge in [-0.25, -0.2) is 4.68 Å².